The Morgan fingerprint density at radius 3 is 2.55 bits per heavy atom. The molecule has 0 heterocycles. The van der Waals surface area contributed by atoms with E-state index in [1.807, 2.05) is 6.92 Å². The van der Waals surface area contributed by atoms with Crippen molar-refractivity contribution >= 4 is 12.0 Å². The van der Waals surface area contributed by atoms with E-state index in [9.17, 15) is 9.59 Å². The van der Waals surface area contributed by atoms with Crippen molar-refractivity contribution in [3.05, 3.63) is 0 Å². The van der Waals surface area contributed by atoms with E-state index in [1.54, 1.807) is 0 Å². The molecule has 0 aromatic rings. The van der Waals surface area contributed by atoms with Crippen LogP contribution in [-0.2, 0) is 4.79 Å². The molecule has 6 heteroatoms. The van der Waals surface area contributed by atoms with Gasteiger partial charge in [0, 0.05) is 32.1 Å². The van der Waals surface area contributed by atoms with E-state index in [1.165, 1.54) is 25.7 Å². The second-order valence-electron chi connectivity index (χ2n) is 5.76. The fourth-order valence-electron chi connectivity index (χ4n) is 2.57. The van der Waals surface area contributed by atoms with Gasteiger partial charge in [-0.2, -0.15) is 0 Å². The molecule has 2 amide bonds. The largest absolute Gasteiger partial charge is 0.481 e. The average Bonchev–Trinajstić information content (AvgIpc) is 2.89. The van der Waals surface area contributed by atoms with Crippen molar-refractivity contribution in [3.8, 4) is 0 Å². The molecule has 0 aromatic heterocycles. The molecule has 1 fully saturated rings. The maximum absolute atomic E-state index is 11.5. The number of carboxylic acids is 1. The number of nitrogens with zero attached hydrogens (tertiary/aromatic N) is 1. The number of carboxylic acid groups (broad SMARTS) is 1. The van der Waals surface area contributed by atoms with Crippen molar-refractivity contribution in [2.75, 3.05) is 26.7 Å². The van der Waals surface area contributed by atoms with E-state index in [2.05, 4.69) is 22.6 Å². The van der Waals surface area contributed by atoms with Crippen molar-refractivity contribution in [1.82, 2.24) is 15.5 Å². The molecule has 0 radical (unpaired) electrons. The predicted molar refractivity (Wildman–Crippen MR) is 77.7 cm³/mol. The number of amides is 2. The topological polar surface area (TPSA) is 81.7 Å². The first-order valence-corrected chi connectivity index (χ1v) is 7.42. The summed E-state index contributed by atoms with van der Waals surface area (Å²) in [5, 5.41) is 14.1. The van der Waals surface area contributed by atoms with Crippen molar-refractivity contribution in [3.63, 3.8) is 0 Å². The first-order chi connectivity index (χ1) is 9.49. The highest BCUT2D eigenvalue weighted by molar-refractivity contribution is 5.74. The first kappa shape index (κ1) is 16.8. The minimum absolute atomic E-state index is 0.0561. The van der Waals surface area contributed by atoms with Gasteiger partial charge in [0.15, 0.2) is 0 Å². The molecule has 0 bridgehead atoms. The summed E-state index contributed by atoms with van der Waals surface area (Å²) in [5.41, 5.74) is 0. The van der Waals surface area contributed by atoms with Crippen LogP contribution in [0.2, 0.25) is 0 Å². The summed E-state index contributed by atoms with van der Waals surface area (Å²) >= 11 is 0. The Morgan fingerprint density at radius 2 is 1.95 bits per heavy atom. The molecule has 6 nitrogen and oxygen atoms in total. The molecular formula is C14H27N3O3. The van der Waals surface area contributed by atoms with Gasteiger partial charge in [0.1, 0.15) is 0 Å². The van der Waals surface area contributed by atoms with E-state index in [0.717, 1.165) is 6.54 Å². The molecule has 1 aliphatic carbocycles. The van der Waals surface area contributed by atoms with Crippen LogP contribution in [0.4, 0.5) is 4.79 Å². The number of nitrogens with one attached hydrogen (secondary N) is 2. The molecule has 20 heavy (non-hydrogen) atoms. The lowest BCUT2D eigenvalue weighted by atomic mass is 10.1. The maximum atomic E-state index is 11.5. The summed E-state index contributed by atoms with van der Waals surface area (Å²) in [6.07, 6.45) is 5.21. The summed E-state index contributed by atoms with van der Waals surface area (Å²) < 4.78 is 0. The lowest BCUT2D eigenvalue weighted by Gasteiger charge is -2.24. The van der Waals surface area contributed by atoms with Crippen molar-refractivity contribution in [2.24, 2.45) is 5.92 Å². The van der Waals surface area contributed by atoms with Gasteiger partial charge in [-0.3, -0.25) is 4.79 Å². The molecule has 0 spiro atoms. The average molecular weight is 285 g/mol. The normalized spacial score (nSPS) is 17.1. The van der Waals surface area contributed by atoms with Gasteiger partial charge in [-0.05, 0) is 25.8 Å². The number of carbonyl (C=O) groups excluding carboxylic acids is 1. The van der Waals surface area contributed by atoms with E-state index in [4.69, 9.17) is 5.11 Å². The van der Waals surface area contributed by atoms with Crippen LogP contribution in [0.25, 0.3) is 0 Å². The van der Waals surface area contributed by atoms with Crippen molar-refractivity contribution in [2.45, 2.75) is 45.1 Å². The summed E-state index contributed by atoms with van der Waals surface area (Å²) in [7, 11) is 2.10. The lowest BCUT2D eigenvalue weighted by molar-refractivity contribution is -0.137. The molecule has 3 N–H and O–H groups in total. The van der Waals surface area contributed by atoms with Gasteiger partial charge >= 0.3 is 12.0 Å². The van der Waals surface area contributed by atoms with E-state index in [-0.39, 0.29) is 18.4 Å². The zero-order valence-electron chi connectivity index (χ0n) is 12.5. The highest BCUT2D eigenvalue weighted by Crippen LogP contribution is 2.21. The summed E-state index contributed by atoms with van der Waals surface area (Å²) in [5.74, 6) is -0.891. The zero-order valence-corrected chi connectivity index (χ0v) is 12.5. The summed E-state index contributed by atoms with van der Waals surface area (Å²) in [6.45, 7) is 3.66. The third kappa shape index (κ3) is 6.75. The number of carbonyl (C=O) groups is 2. The minimum atomic E-state index is -0.835. The van der Waals surface area contributed by atoms with Crippen molar-refractivity contribution < 1.29 is 14.7 Å². The summed E-state index contributed by atoms with van der Waals surface area (Å²) in [4.78, 5) is 24.3. The first-order valence-electron chi connectivity index (χ1n) is 7.42. The van der Waals surface area contributed by atoms with E-state index in [0.29, 0.717) is 19.1 Å². The fraction of sp³-hybridized carbons (Fsp3) is 0.857. The quantitative estimate of drug-likeness (QED) is 0.627. The number of hydrogen-bond donors (Lipinski definition) is 3. The van der Waals surface area contributed by atoms with Gasteiger partial charge in [0.25, 0.3) is 0 Å². The van der Waals surface area contributed by atoms with Crippen LogP contribution >= 0.6 is 0 Å². The Kier molecular flexibility index (Phi) is 7.36. The maximum Gasteiger partial charge on any atom is 0.314 e. The summed E-state index contributed by atoms with van der Waals surface area (Å²) in [6, 6.07) is 0.442. The van der Waals surface area contributed by atoms with Gasteiger partial charge in [0.2, 0.25) is 0 Å². The Hall–Kier alpha value is -1.30. The molecule has 1 aliphatic rings. The third-order valence-electron chi connectivity index (χ3n) is 3.83. The van der Waals surface area contributed by atoms with E-state index >= 15 is 0 Å². The highest BCUT2D eigenvalue weighted by atomic mass is 16.4. The lowest BCUT2D eigenvalue weighted by Crippen LogP contribution is -2.42. The predicted octanol–water partition coefficient (Wildman–Crippen LogP) is 1.27. The number of hydrogen-bond acceptors (Lipinski definition) is 3. The second kappa shape index (κ2) is 8.79. The Bertz CT molecular complexity index is 317. The molecule has 1 saturated carbocycles. The highest BCUT2D eigenvalue weighted by Gasteiger charge is 2.19. The van der Waals surface area contributed by atoms with Crippen molar-refractivity contribution in [1.29, 1.82) is 0 Å². The SMILES string of the molecule is CC(CNC(=O)NCCN(C)C1CCCC1)CC(=O)O. The third-order valence-corrected chi connectivity index (χ3v) is 3.83. The Morgan fingerprint density at radius 1 is 1.30 bits per heavy atom. The fourth-order valence-corrected chi connectivity index (χ4v) is 2.57. The van der Waals surface area contributed by atoms with Crippen LogP contribution in [0.1, 0.15) is 39.0 Å². The molecule has 116 valence electrons. The number of likely N-dealkylation sites (N-methyl/N-ethyl adjacent to an activating group) is 1. The zero-order chi connectivity index (χ0) is 15.0. The molecule has 1 unspecified atom stereocenters. The molecular weight excluding hydrogens is 258 g/mol. The van der Waals surface area contributed by atoms with Gasteiger partial charge in [-0.1, -0.05) is 19.8 Å². The molecule has 1 atom stereocenters. The minimum Gasteiger partial charge on any atom is -0.481 e. The van der Waals surface area contributed by atoms with Gasteiger partial charge < -0.3 is 20.6 Å². The van der Waals surface area contributed by atoms with Crippen LogP contribution in [0.15, 0.2) is 0 Å². The van der Waals surface area contributed by atoms with E-state index < -0.39 is 5.97 Å². The Labute approximate surface area is 120 Å². The van der Waals surface area contributed by atoms with Crippen LogP contribution in [-0.4, -0.2) is 54.7 Å². The smallest absolute Gasteiger partial charge is 0.314 e. The van der Waals surface area contributed by atoms with Crippen LogP contribution in [0, 0.1) is 5.92 Å². The van der Waals surface area contributed by atoms with Gasteiger partial charge in [0.05, 0.1) is 0 Å². The van der Waals surface area contributed by atoms with Crippen LogP contribution in [0.3, 0.4) is 0 Å². The molecule has 0 aliphatic heterocycles. The van der Waals surface area contributed by atoms with Crippen LogP contribution in [0.5, 0.6) is 0 Å². The molecule has 0 aromatic carbocycles. The second-order valence-corrected chi connectivity index (χ2v) is 5.76. The monoisotopic (exact) mass is 285 g/mol. The standard InChI is InChI=1S/C14H27N3O3/c1-11(9-13(18)19)10-16-14(20)15-7-8-17(2)12-5-3-4-6-12/h11-12H,3-10H2,1-2H3,(H,18,19)(H2,15,16,20). The molecule has 1 rings (SSSR count). The Balaban J connectivity index is 2.06. The van der Waals surface area contributed by atoms with Gasteiger partial charge in [-0.25, -0.2) is 4.79 Å². The van der Waals surface area contributed by atoms with Gasteiger partial charge in [-0.15, -0.1) is 0 Å². The molecule has 0 saturated heterocycles. The number of rotatable bonds is 8. The van der Waals surface area contributed by atoms with Crippen LogP contribution < -0.4 is 10.6 Å². The number of urea groups is 1. The number of aliphatic carboxylic acids is 1.